The van der Waals surface area contributed by atoms with E-state index in [2.05, 4.69) is 10.3 Å². The SMILES string of the molecule is Cc1nc(CNCC(C)(O)c2ccccc2)cs1. The van der Waals surface area contributed by atoms with Gasteiger partial charge >= 0.3 is 0 Å². The van der Waals surface area contributed by atoms with Gasteiger partial charge < -0.3 is 10.4 Å². The Balaban J connectivity index is 1.89. The zero-order valence-corrected chi connectivity index (χ0v) is 11.5. The predicted octanol–water partition coefficient (Wildman–Crippen LogP) is 2.45. The van der Waals surface area contributed by atoms with Gasteiger partial charge in [-0.25, -0.2) is 4.98 Å². The van der Waals surface area contributed by atoms with Crippen LogP contribution >= 0.6 is 11.3 Å². The van der Waals surface area contributed by atoms with Crippen molar-refractivity contribution in [3.05, 3.63) is 52.0 Å². The van der Waals surface area contributed by atoms with E-state index in [-0.39, 0.29) is 0 Å². The van der Waals surface area contributed by atoms with Gasteiger partial charge in [-0.15, -0.1) is 11.3 Å². The van der Waals surface area contributed by atoms with Crippen molar-refractivity contribution in [3.8, 4) is 0 Å². The number of rotatable bonds is 5. The second-order valence-corrected chi connectivity index (χ2v) is 5.66. The molecule has 0 bridgehead atoms. The smallest absolute Gasteiger partial charge is 0.0992 e. The summed E-state index contributed by atoms with van der Waals surface area (Å²) >= 11 is 1.65. The molecule has 0 saturated carbocycles. The molecule has 0 fully saturated rings. The highest BCUT2D eigenvalue weighted by molar-refractivity contribution is 7.09. The number of aromatic nitrogens is 1. The summed E-state index contributed by atoms with van der Waals surface area (Å²) in [7, 11) is 0. The first-order chi connectivity index (χ1) is 8.58. The van der Waals surface area contributed by atoms with Gasteiger partial charge in [0.1, 0.15) is 0 Å². The summed E-state index contributed by atoms with van der Waals surface area (Å²) in [6, 6.07) is 9.70. The van der Waals surface area contributed by atoms with Crippen LogP contribution in [-0.2, 0) is 12.1 Å². The van der Waals surface area contributed by atoms with Crippen LogP contribution in [0.15, 0.2) is 35.7 Å². The molecule has 0 radical (unpaired) electrons. The van der Waals surface area contributed by atoms with Gasteiger partial charge in [0, 0.05) is 18.5 Å². The van der Waals surface area contributed by atoms with Gasteiger partial charge in [-0.05, 0) is 19.4 Å². The number of hydrogen-bond acceptors (Lipinski definition) is 4. The van der Waals surface area contributed by atoms with E-state index < -0.39 is 5.60 Å². The molecule has 1 unspecified atom stereocenters. The zero-order chi connectivity index (χ0) is 13.0. The normalized spacial score (nSPS) is 14.4. The van der Waals surface area contributed by atoms with E-state index >= 15 is 0 Å². The van der Waals surface area contributed by atoms with Gasteiger partial charge in [0.15, 0.2) is 0 Å². The lowest BCUT2D eigenvalue weighted by molar-refractivity contribution is 0.0566. The van der Waals surface area contributed by atoms with Crippen molar-refractivity contribution in [3.63, 3.8) is 0 Å². The monoisotopic (exact) mass is 262 g/mol. The third kappa shape index (κ3) is 3.38. The molecule has 4 heteroatoms. The van der Waals surface area contributed by atoms with Crippen molar-refractivity contribution in [1.82, 2.24) is 10.3 Å². The summed E-state index contributed by atoms with van der Waals surface area (Å²) in [5.41, 5.74) is 1.10. The van der Waals surface area contributed by atoms with Crippen LogP contribution in [0.1, 0.15) is 23.2 Å². The van der Waals surface area contributed by atoms with E-state index in [4.69, 9.17) is 0 Å². The van der Waals surface area contributed by atoms with Crippen molar-refractivity contribution in [2.45, 2.75) is 26.0 Å². The Hall–Kier alpha value is -1.23. The van der Waals surface area contributed by atoms with Crippen LogP contribution in [0.3, 0.4) is 0 Å². The van der Waals surface area contributed by atoms with Crippen LogP contribution in [0.4, 0.5) is 0 Å². The molecule has 3 nitrogen and oxygen atoms in total. The molecular formula is C14H18N2OS. The summed E-state index contributed by atoms with van der Waals surface area (Å²) < 4.78 is 0. The molecule has 0 amide bonds. The first-order valence-corrected chi connectivity index (χ1v) is 6.85. The van der Waals surface area contributed by atoms with Crippen molar-refractivity contribution < 1.29 is 5.11 Å². The Kier molecular flexibility index (Phi) is 4.11. The molecule has 1 heterocycles. The fourth-order valence-electron chi connectivity index (χ4n) is 1.82. The quantitative estimate of drug-likeness (QED) is 0.870. The van der Waals surface area contributed by atoms with Crippen LogP contribution in [-0.4, -0.2) is 16.6 Å². The Labute approximate surface area is 112 Å². The molecule has 0 saturated heterocycles. The molecule has 1 aromatic heterocycles. The summed E-state index contributed by atoms with van der Waals surface area (Å²) in [6.07, 6.45) is 0. The minimum Gasteiger partial charge on any atom is -0.384 e. The van der Waals surface area contributed by atoms with E-state index in [0.29, 0.717) is 13.1 Å². The van der Waals surface area contributed by atoms with Gasteiger partial charge in [-0.3, -0.25) is 0 Å². The molecular weight excluding hydrogens is 244 g/mol. The van der Waals surface area contributed by atoms with Crippen molar-refractivity contribution >= 4 is 11.3 Å². The van der Waals surface area contributed by atoms with Gasteiger partial charge in [0.25, 0.3) is 0 Å². The average molecular weight is 262 g/mol. The lowest BCUT2D eigenvalue weighted by atomic mass is 9.96. The molecule has 2 N–H and O–H groups in total. The number of hydrogen-bond donors (Lipinski definition) is 2. The molecule has 0 aliphatic heterocycles. The van der Waals surface area contributed by atoms with Crippen LogP contribution in [0.5, 0.6) is 0 Å². The number of aryl methyl sites for hydroxylation is 1. The number of nitrogens with zero attached hydrogens (tertiary/aromatic N) is 1. The molecule has 2 rings (SSSR count). The van der Waals surface area contributed by atoms with E-state index in [1.54, 1.807) is 11.3 Å². The Bertz CT molecular complexity index is 494. The fraction of sp³-hybridized carbons (Fsp3) is 0.357. The molecule has 1 atom stereocenters. The van der Waals surface area contributed by atoms with Gasteiger partial charge in [-0.1, -0.05) is 30.3 Å². The highest BCUT2D eigenvalue weighted by atomic mass is 32.1. The molecule has 96 valence electrons. The molecule has 1 aromatic carbocycles. The Morgan fingerprint density at radius 3 is 2.67 bits per heavy atom. The topological polar surface area (TPSA) is 45.2 Å². The van der Waals surface area contributed by atoms with E-state index in [1.165, 1.54) is 0 Å². The summed E-state index contributed by atoms with van der Waals surface area (Å²) in [6.45, 7) is 5.01. The second kappa shape index (κ2) is 5.61. The standard InChI is InChI=1S/C14H18N2OS/c1-11-16-13(9-18-11)8-15-10-14(2,17)12-6-4-3-5-7-12/h3-7,9,15,17H,8,10H2,1-2H3. The van der Waals surface area contributed by atoms with E-state index in [9.17, 15) is 5.11 Å². The van der Waals surface area contributed by atoms with Crippen LogP contribution < -0.4 is 5.32 Å². The maximum atomic E-state index is 10.4. The molecule has 0 aliphatic rings. The molecule has 2 aromatic rings. The first-order valence-electron chi connectivity index (χ1n) is 5.97. The van der Waals surface area contributed by atoms with Gasteiger partial charge in [0.2, 0.25) is 0 Å². The minimum atomic E-state index is -0.855. The highest BCUT2D eigenvalue weighted by Gasteiger charge is 2.21. The minimum absolute atomic E-state index is 0.508. The average Bonchev–Trinajstić information content (AvgIpc) is 2.76. The van der Waals surface area contributed by atoms with Gasteiger partial charge in [0.05, 0.1) is 16.3 Å². The maximum Gasteiger partial charge on any atom is 0.0992 e. The first kappa shape index (κ1) is 13.2. The van der Waals surface area contributed by atoms with Gasteiger partial charge in [-0.2, -0.15) is 0 Å². The van der Waals surface area contributed by atoms with Crippen LogP contribution in [0.2, 0.25) is 0 Å². The summed E-state index contributed by atoms with van der Waals surface area (Å²) in [4.78, 5) is 4.38. The zero-order valence-electron chi connectivity index (χ0n) is 10.7. The molecule has 0 aliphatic carbocycles. The summed E-state index contributed by atoms with van der Waals surface area (Å²) in [5, 5.41) is 16.7. The maximum absolute atomic E-state index is 10.4. The van der Waals surface area contributed by atoms with Crippen molar-refractivity contribution in [2.24, 2.45) is 0 Å². The number of benzene rings is 1. The summed E-state index contributed by atoms with van der Waals surface area (Å²) in [5.74, 6) is 0. The highest BCUT2D eigenvalue weighted by Crippen LogP contribution is 2.19. The van der Waals surface area contributed by atoms with Crippen LogP contribution in [0.25, 0.3) is 0 Å². The number of aliphatic hydroxyl groups is 1. The Morgan fingerprint density at radius 2 is 2.06 bits per heavy atom. The number of nitrogens with one attached hydrogen (secondary N) is 1. The lowest BCUT2D eigenvalue weighted by Crippen LogP contribution is -2.35. The lowest BCUT2D eigenvalue weighted by Gasteiger charge is -2.24. The molecule has 18 heavy (non-hydrogen) atoms. The third-order valence-electron chi connectivity index (χ3n) is 2.84. The number of thiazole rings is 1. The van der Waals surface area contributed by atoms with E-state index in [0.717, 1.165) is 16.3 Å². The third-order valence-corrected chi connectivity index (χ3v) is 3.66. The van der Waals surface area contributed by atoms with Crippen LogP contribution in [0, 0.1) is 6.92 Å². The fourth-order valence-corrected chi connectivity index (χ4v) is 2.44. The molecule has 0 spiro atoms. The predicted molar refractivity (Wildman–Crippen MR) is 74.6 cm³/mol. The van der Waals surface area contributed by atoms with Crippen molar-refractivity contribution in [1.29, 1.82) is 0 Å². The van der Waals surface area contributed by atoms with Crippen molar-refractivity contribution in [2.75, 3.05) is 6.54 Å². The second-order valence-electron chi connectivity index (χ2n) is 4.60. The largest absolute Gasteiger partial charge is 0.384 e. The van der Waals surface area contributed by atoms with E-state index in [1.807, 2.05) is 49.6 Å². The Morgan fingerprint density at radius 1 is 1.33 bits per heavy atom.